The maximum absolute atomic E-state index is 11.3. The highest BCUT2D eigenvalue weighted by molar-refractivity contribution is 14.1. The van der Waals surface area contributed by atoms with Gasteiger partial charge in [-0.3, -0.25) is 4.79 Å². The number of carbonyl (C=O) groups excluding carboxylic acids is 1. The quantitative estimate of drug-likeness (QED) is 0.827. The third-order valence-corrected chi connectivity index (χ3v) is 2.46. The third kappa shape index (κ3) is 5.96. The van der Waals surface area contributed by atoms with Gasteiger partial charge in [-0.15, -0.1) is 12.4 Å². The maximum Gasteiger partial charge on any atom is 0.224 e. The number of anilines is 1. The second-order valence-corrected chi connectivity index (χ2v) is 4.19. The molecule has 1 amide bonds. The second kappa shape index (κ2) is 7.90. The Morgan fingerprint density at radius 2 is 1.93 bits per heavy atom. The fraction of sp³-hybridized carbons (Fsp3) is 0.300. The van der Waals surface area contributed by atoms with Crippen LogP contribution in [0.2, 0.25) is 0 Å². The van der Waals surface area contributed by atoms with Crippen molar-refractivity contribution >= 4 is 46.6 Å². The van der Waals surface area contributed by atoms with Crippen LogP contribution in [0.1, 0.15) is 12.8 Å². The van der Waals surface area contributed by atoms with Gasteiger partial charge in [0.15, 0.2) is 0 Å². The van der Waals surface area contributed by atoms with Crippen molar-refractivity contribution < 1.29 is 4.79 Å². The smallest absolute Gasteiger partial charge is 0.224 e. The number of nitrogens with one attached hydrogen (secondary N) is 1. The number of carbonyl (C=O) groups is 1. The van der Waals surface area contributed by atoms with Crippen molar-refractivity contribution in [3.05, 3.63) is 27.8 Å². The molecule has 0 unspecified atom stereocenters. The first-order valence-corrected chi connectivity index (χ1v) is 5.56. The minimum atomic E-state index is 0. The largest absolute Gasteiger partial charge is 0.330 e. The lowest BCUT2D eigenvalue weighted by molar-refractivity contribution is -0.116. The van der Waals surface area contributed by atoms with E-state index in [0.29, 0.717) is 13.0 Å². The highest BCUT2D eigenvalue weighted by atomic mass is 127. The van der Waals surface area contributed by atoms with Crippen LogP contribution in [0.15, 0.2) is 24.3 Å². The average molecular weight is 341 g/mol. The molecular formula is C10H14ClIN2O. The van der Waals surface area contributed by atoms with Crippen molar-refractivity contribution in [2.45, 2.75) is 12.8 Å². The molecule has 0 radical (unpaired) electrons. The number of amides is 1. The molecule has 3 nitrogen and oxygen atoms in total. The first-order chi connectivity index (χ1) is 6.72. The molecule has 0 fully saturated rings. The summed E-state index contributed by atoms with van der Waals surface area (Å²) in [5.74, 6) is 0.0247. The van der Waals surface area contributed by atoms with E-state index in [2.05, 4.69) is 27.9 Å². The van der Waals surface area contributed by atoms with E-state index in [1.54, 1.807) is 0 Å². The van der Waals surface area contributed by atoms with Gasteiger partial charge in [-0.2, -0.15) is 0 Å². The summed E-state index contributed by atoms with van der Waals surface area (Å²) >= 11 is 2.22. The number of benzene rings is 1. The molecule has 84 valence electrons. The topological polar surface area (TPSA) is 55.1 Å². The molecule has 0 aliphatic heterocycles. The van der Waals surface area contributed by atoms with E-state index in [-0.39, 0.29) is 18.3 Å². The van der Waals surface area contributed by atoms with Gasteiger partial charge >= 0.3 is 0 Å². The molecule has 3 N–H and O–H groups in total. The first kappa shape index (κ1) is 14.7. The Balaban J connectivity index is 0.00000196. The molecular weight excluding hydrogens is 326 g/mol. The normalized spacial score (nSPS) is 9.20. The Hall–Kier alpha value is -0.330. The third-order valence-electron chi connectivity index (χ3n) is 1.74. The number of hydrogen-bond acceptors (Lipinski definition) is 2. The molecule has 5 heteroatoms. The Morgan fingerprint density at radius 1 is 1.33 bits per heavy atom. The van der Waals surface area contributed by atoms with Crippen molar-refractivity contribution in [1.29, 1.82) is 0 Å². The van der Waals surface area contributed by atoms with E-state index in [1.165, 1.54) is 0 Å². The average Bonchev–Trinajstić information content (AvgIpc) is 2.18. The summed E-state index contributed by atoms with van der Waals surface area (Å²) in [6.07, 6.45) is 1.22. The van der Waals surface area contributed by atoms with Crippen LogP contribution in [0.5, 0.6) is 0 Å². The Labute approximate surface area is 109 Å². The Morgan fingerprint density at radius 3 is 2.47 bits per heavy atom. The van der Waals surface area contributed by atoms with Gasteiger partial charge < -0.3 is 11.1 Å². The van der Waals surface area contributed by atoms with Crippen LogP contribution in [0.4, 0.5) is 5.69 Å². The molecule has 0 aliphatic rings. The Bertz CT molecular complexity index is 303. The number of halogens is 2. The Kier molecular flexibility index (Phi) is 7.72. The van der Waals surface area contributed by atoms with E-state index < -0.39 is 0 Å². The molecule has 1 rings (SSSR count). The van der Waals surface area contributed by atoms with Gasteiger partial charge in [-0.25, -0.2) is 0 Å². The van der Waals surface area contributed by atoms with Gasteiger partial charge in [0, 0.05) is 15.7 Å². The van der Waals surface area contributed by atoms with Gasteiger partial charge in [0.1, 0.15) is 0 Å². The monoisotopic (exact) mass is 340 g/mol. The summed E-state index contributed by atoms with van der Waals surface area (Å²) in [4.78, 5) is 11.3. The summed E-state index contributed by atoms with van der Waals surface area (Å²) in [6.45, 7) is 0.556. The molecule has 0 heterocycles. The minimum absolute atomic E-state index is 0. The van der Waals surface area contributed by atoms with Crippen LogP contribution in [0, 0.1) is 3.57 Å². The molecule has 0 bridgehead atoms. The second-order valence-electron chi connectivity index (χ2n) is 2.95. The zero-order valence-electron chi connectivity index (χ0n) is 8.20. The lowest BCUT2D eigenvalue weighted by Crippen LogP contribution is -2.13. The van der Waals surface area contributed by atoms with Crippen LogP contribution in [0.3, 0.4) is 0 Å². The highest BCUT2D eigenvalue weighted by Gasteiger charge is 2.00. The van der Waals surface area contributed by atoms with Gasteiger partial charge in [0.05, 0.1) is 0 Å². The predicted molar refractivity (Wildman–Crippen MR) is 73.3 cm³/mol. The van der Waals surface area contributed by atoms with Crippen LogP contribution in [0.25, 0.3) is 0 Å². The van der Waals surface area contributed by atoms with Crippen LogP contribution in [-0.2, 0) is 4.79 Å². The van der Waals surface area contributed by atoms with Crippen LogP contribution < -0.4 is 11.1 Å². The van der Waals surface area contributed by atoms with E-state index in [0.717, 1.165) is 15.7 Å². The predicted octanol–water partition coefficient (Wildman–Crippen LogP) is 2.39. The van der Waals surface area contributed by atoms with Gasteiger partial charge in [-0.05, 0) is 59.8 Å². The maximum atomic E-state index is 11.3. The van der Waals surface area contributed by atoms with Crippen LogP contribution in [-0.4, -0.2) is 12.5 Å². The SMILES string of the molecule is Cl.NCCCC(=O)Nc1ccc(I)cc1. The minimum Gasteiger partial charge on any atom is -0.330 e. The molecule has 0 saturated carbocycles. The lowest BCUT2D eigenvalue weighted by atomic mass is 10.2. The number of nitrogens with two attached hydrogens (primary N) is 1. The van der Waals surface area contributed by atoms with Gasteiger partial charge in [-0.1, -0.05) is 0 Å². The molecule has 0 spiro atoms. The van der Waals surface area contributed by atoms with Gasteiger partial charge in [0.2, 0.25) is 5.91 Å². The number of hydrogen-bond donors (Lipinski definition) is 2. The molecule has 1 aromatic carbocycles. The molecule has 15 heavy (non-hydrogen) atoms. The zero-order chi connectivity index (χ0) is 10.4. The highest BCUT2D eigenvalue weighted by Crippen LogP contribution is 2.11. The van der Waals surface area contributed by atoms with E-state index in [4.69, 9.17) is 5.73 Å². The summed E-state index contributed by atoms with van der Waals surface area (Å²) < 4.78 is 1.16. The van der Waals surface area contributed by atoms with Crippen LogP contribution >= 0.6 is 35.0 Å². The standard InChI is InChI=1S/C10H13IN2O.ClH/c11-8-3-5-9(6-4-8)13-10(14)2-1-7-12;/h3-6H,1-2,7,12H2,(H,13,14);1H. The first-order valence-electron chi connectivity index (χ1n) is 4.48. The van der Waals surface area contributed by atoms with E-state index >= 15 is 0 Å². The summed E-state index contributed by atoms with van der Waals surface area (Å²) in [6, 6.07) is 7.70. The summed E-state index contributed by atoms with van der Waals surface area (Å²) in [5.41, 5.74) is 6.15. The summed E-state index contributed by atoms with van der Waals surface area (Å²) in [7, 11) is 0. The van der Waals surface area contributed by atoms with E-state index in [1.807, 2.05) is 24.3 Å². The molecule has 0 atom stereocenters. The van der Waals surface area contributed by atoms with Crippen molar-refractivity contribution in [2.24, 2.45) is 5.73 Å². The van der Waals surface area contributed by atoms with Crippen molar-refractivity contribution in [2.75, 3.05) is 11.9 Å². The fourth-order valence-electron chi connectivity index (χ4n) is 1.02. The van der Waals surface area contributed by atoms with Crippen molar-refractivity contribution in [1.82, 2.24) is 0 Å². The van der Waals surface area contributed by atoms with Crippen molar-refractivity contribution in [3.8, 4) is 0 Å². The van der Waals surface area contributed by atoms with E-state index in [9.17, 15) is 4.79 Å². The molecule has 0 saturated heterocycles. The zero-order valence-corrected chi connectivity index (χ0v) is 11.2. The molecule has 1 aromatic rings. The molecule has 0 aliphatic carbocycles. The lowest BCUT2D eigenvalue weighted by Gasteiger charge is -2.04. The number of rotatable bonds is 4. The van der Waals surface area contributed by atoms with Crippen molar-refractivity contribution in [3.63, 3.8) is 0 Å². The molecule has 0 aromatic heterocycles. The fourth-order valence-corrected chi connectivity index (χ4v) is 1.38. The summed E-state index contributed by atoms with van der Waals surface area (Å²) in [5, 5.41) is 2.81. The van der Waals surface area contributed by atoms with Gasteiger partial charge in [0.25, 0.3) is 0 Å².